The van der Waals surface area contributed by atoms with E-state index in [2.05, 4.69) is 15.0 Å². The zero-order valence-electron chi connectivity index (χ0n) is 12.8. The molecule has 0 fully saturated rings. The molecule has 2 aromatic heterocycles. The number of hydrogen-bond acceptors (Lipinski definition) is 5. The van der Waals surface area contributed by atoms with Crippen molar-refractivity contribution in [1.82, 2.24) is 15.0 Å². The lowest BCUT2D eigenvalue weighted by Crippen LogP contribution is -2.13. The molecule has 0 aliphatic heterocycles. The molecule has 4 nitrogen and oxygen atoms in total. The van der Waals surface area contributed by atoms with Crippen molar-refractivity contribution in [2.24, 2.45) is 0 Å². The Morgan fingerprint density at radius 3 is 2.57 bits per heavy atom. The summed E-state index contributed by atoms with van der Waals surface area (Å²) in [7, 11) is 1.89. The second kappa shape index (κ2) is 6.75. The fraction of sp³-hybridized carbons (Fsp3) is 0.118. The summed E-state index contributed by atoms with van der Waals surface area (Å²) < 4.78 is 13.4. The van der Waals surface area contributed by atoms with Gasteiger partial charge in [-0.25, -0.2) is 19.3 Å². The van der Waals surface area contributed by atoms with Crippen LogP contribution in [0.4, 0.5) is 16.0 Å². The Morgan fingerprint density at radius 2 is 1.78 bits per heavy atom. The molecule has 3 aromatic rings. The Hall–Kier alpha value is -2.47. The molecule has 1 aromatic carbocycles. The molecule has 23 heavy (non-hydrogen) atoms. The zero-order chi connectivity index (χ0) is 16.2. The van der Waals surface area contributed by atoms with E-state index in [1.165, 1.54) is 23.9 Å². The van der Waals surface area contributed by atoms with E-state index < -0.39 is 0 Å². The van der Waals surface area contributed by atoms with Gasteiger partial charge < -0.3 is 4.90 Å². The third-order valence-electron chi connectivity index (χ3n) is 3.34. The number of rotatable bonds is 4. The highest BCUT2D eigenvalue weighted by Crippen LogP contribution is 2.25. The third-order valence-corrected chi connectivity index (χ3v) is 3.91. The third kappa shape index (κ3) is 3.48. The van der Waals surface area contributed by atoms with Crippen LogP contribution < -0.4 is 4.90 Å². The molecule has 0 saturated heterocycles. The van der Waals surface area contributed by atoms with Gasteiger partial charge in [0.05, 0.1) is 5.69 Å². The maximum absolute atomic E-state index is 13.4. The number of anilines is 2. The summed E-state index contributed by atoms with van der Waals surface area (Å²) in [5.74, 6) is 1.22. The van der Waals surface area contributed by atoms with Gasteiger partial charge in [0.1, 0.15) is 17.5 Å². The van der Waals surface area contributed by atoms with Gasteiger partial charge in [-0.15, -0.1) is 0 Å². The minimum Gasteiger partial charge on any atom is -0.314 e. The van der Waals surface area contributed by atoms with Crippen LogP contribution in [0, 0.1) is 5.82 Å². The average Bonchev–Trinajstić information content (AvgIpc) is 2.61. The van der Waals surface area contributed by atoms with E-state index in [0.717, 1.165) is 17.2 Å². The number of hydrogen-bond donors (Lipinski definition) is 0. The van der Waals surface area contributed by atoms with E-state index >= 15 is 0 Å². The minimum absolute atomic E-state index is 0.275. The number of benzene rings is 1. The fourth-order valence-electron chi connectivity index (χ4n) is 2.15. The Kier molecular flexibility index (Phi) is 4.52. The molecule has 0 N–H and O–H groups in total. The molecule has 0 spiro atoms. The normalized spacial score (nSPS) is 10.6. The molecular weight excluding hydrogens is 311 g/mol. The maximum atomic E-state index is 13.4. The summed E-state index contributed by atoms with van der Waals surface area (Å²) >= 11 is 1.49. The van der Waals surface area contributed by atoms with E-state index in [9.17, 15) is 4.39 Å². The molecule has 0 aliphatic rings. The molecule has 2 heterocycles. The molecule has 0 aliphatic carbocycles. The summed E-state index contributed by atoms with van der Waals surface area (Å²) in [5, 5.41) is 0.704. The van der Waals surface area contributed by atoms with E-state index in [-0.39, 0.29) is 5.82 Å². The van der Waals surface area contributed by atoms with E-state index in [1.807, 2.05) is 48.5 Å². The van der Waals surface area contributed by atoms with E-state index in [1.54, 1.807) is 12.3 Å². The van der Waals surface area contributed by atoms with E-state index in [0.29, 0.717) is 10.9 Å². The number of nitrogens with zero attached hydrogens (tertiary/aromatic N) is 4. The lowest BCUT2D eigenvalue weighted by Gasteiger charge is -2.18. The number of aromatic nitrogens is 3. The summed E-state index contributed by atoms with van der Waals surface area (Å²) in [5.41, 5.74) is 1.46. The standard InChI is InChI=1S/C17H15FN4S/c1-22(16-9-10-19-17(21-16)23-2)15-8-4-7-14(20-15)12-5-3-6-13(18)11-12/h3-11H,1-2H3. The highest BCUT2D eigenvalue weighted by atomic mass is 32.2. The Balaban J connectivity index is 1.95. The first-order valence-electron chi connectivity index (χ1n) is 7.01. The number of thioether (sulfide) groups is 1. The molecule has 6 heteroatoms. The van der Waals surface area contributed by atoms with Gasteiger partial charge in [-0.05, 0) is 36.6 Å². The molecule has 0 bridgehead atoms. The fourth-order valence-corrected chi connectivity index (χ4v) is 2.50. The Labute approximate surface area is 138 Å². The maximum Gasteiger partial charge on any atom is 0.189 e. The lowest BCUT2D eigenvalue weighted by molar-refractivity contribution is 0.628. The van der Waals surface area contributed by atoms with Crippen molar-refractivity contribution in [1.29, 1.82) is 0 Å². The minimum atomic E-state index is -0.275. The van der Waals surface area contributed by atoms with Crippen molar-refractivity contribution in [2.45, 2.75) is 5.16 Å². The van der Waals surface area contributed by atoms with Crippen molar-refractivity contribution >= 4 is 23.4 Å². The van der Waals surface area contributed by atoms with Gasteiger partial charge in [0.15, 0.2) is 5.16 Å². The molecular formula is C17H15FN4S. The summed E-state index contributed by atoms with van der Waals surface area (Å²) in [6.07, 6.45) is 3.66. The van der Waals surface area contributed by atoms with Gasteiger partial charge in [-0.2, -0.15) is 0 Å². The van der Waals surface area contributed by atoms with Gasteiger partial charge in [0.2, 0.25) is 0 Å². The van der Waals surface area contributed by atoms with Crippen LogP contribution >= 0.6 is 11.8 Å². The highest BCUT2D eigenvalue weighted by Gasteiger charge is 2.10. The molecule has 0 unspecified atom stereocenters. The summed E-state index contributed by atoms with van der Waals surface area (Å²) in [4.78, 5) is 15.1. The van der Waals surface area contributed by atoms with Gasteiger partial charge >= 0.3 is 0 Å². The molecule has 0 saturated carbocycles. The van der Waals surface area contributed by atoms with Crippen molar-refractivity contribution in [3.63, 3.8) is 0 Å². The topological polar surface area (TPSA) is 41.9 Å². The van der Waals surface area contributed by atoms with Crippen LogP contribution in [0.1, 0.15) is 0 Å². The van der Waals surface area contributed by atoms with Gasteiger partial charge in [-0.3, -0.25) is 0 Å². The first-order valence-corrected chi connectivity index (χ1v) is 8.23. The van der Waals surface area contributed by atoms with Crippen molar-refractivity contribution in [2.75, 3.05) is 18.2 Å². The SMILES string of the molecule is CSc1nccc(N(C)c2cccc(-c3cccc(F)c3)n2)n1. The average molecular weight is 326 g/mol. The zero-order valence-corrected chi connectivity index (χ0v) is 13.6. The smallest absolute Gasteiger partial charge is 0.189 e. The van der Waals surface area contributed by atoms with E-state index in [4.69, 9.17) is 0 Å². The second-order valence-electron chi connectivity index (χ2n) is 4.85. The molecule has 116 valence electrons. The van der Waals surface area contributed by atoms with Crippen LogP contribution in [0.25, 0.3) is 11.3 Å². The molecule has 0 atom stereocenters. The monoisotopic (exact) mass is 326 g/mol. The van der Waals surface area contributed by atoms with Crippen LogP contribution in [-0.4, -0.2) is 28.3 Å². The first-order chi connectivity index (χ1) is 11.2. The van der Waals surface area contributed by atoms with Crippen LogP contribution in [0.3, 0.4) is 0 Å². The second-order valence-corrected chi connectivity index (χ2v) is 5.63. The molecule has 0 amide bonds. The van der Waals surface area contributed by atoms with Gasteiger partial charge in [0.25, 0.3) is 0 Å². The van der Waals surface area contributed by atoms with Crippen molar-refractivity contribution in [3.8, 4) is 11.3 Å². The van der Waals surface area contributed by atoms with Crippen molar-refractivity contribution in [3.05, 3.63) is 60.5 Å². The Bertz CT molecular complexity index is 825. The van der Waals surface area contributed by atoms with Gasteiger partial charge in [-0.1, -0.05) is 30.0 Å². The molecule has 0 radical (unpaired) electrons. The van der Waals surface area contributed by atoms with Gasteiger partial charge in [0, 0.05) is 18.8 Å². The largest absolute Gasteiger partial charge is 0.314 e. The molecule has 3 rings (SSSR count). The number of halogens is 1. The van der Waals surface area contributed by atoms with Crippen molar-refractivity contribution < 1.29 is 4.39 Å². The quantitative estimate of drug-likeness (QED) is 0.532. The van der Waals surface area contributed by atoms with Crippen LogP contribution in [0.15, 0.2) is 59.9 Å². The Morgan fingerprint density at radius 1 is 1.00 bits per heavy atom. The highest BCUT2D eigenvalue weighted by molar-refractivity contribution is 7.98. The van der Waals surface area contributed by atoms with Crippen LogP contribution in [-0.2, 0) is 0 Å². The number of pyridine rings is 1. The van der Waals surface area contributed by atoms with Crippen LogP contribution in [0.2, 0.25) is 0 Å². The summed E-state index contributed by atoms with van der Waals surface area (Å²) in [6, 6.07) is 13.9. The summed E-state index contributed by atoms with van der Waals surface area (Å²) in [6.45, 7) is 0. The predicted molar refractivity (Wildman–Crippen MR) is 91.5 cm³/mol. The lowest BCUT2D eigenvalue weighted by atomic mass is 10.1. The first kappa shape index (κ1) is 15.4. The predicted octanol–water partition coefficient (Wildman–Crippen LogP) is 4.17. The van der Waals surface area contributed by atoms with Crippen LogP contribution in [0.5, 0.6) is 0 Å².